The topological polar surface area (TPSA) is 55.3 Å². The lowest BCUT2D eigenvalue weighted by Crippen LogP contribution is -2.42. The smallest absolute Gasteiger partial charge is 0.410 e. The van der Waals surface area contributed by atoms with E-state index < -0.39 is 5.60 Å². The lowest BCUT2D eigenvalue weighted by Gasteiger charge is -2.34. The van der Waals surface area contributed by atoms with Crippen molar-refractivity contribution in [2.24, 2.45) is 0 Å². The molecular weight excluding hydrogens is 230 g/mol. The molecule has 1 unspecified atom stereocenters. The van der Waals surface area contributed by atoms with Crippen LogP contribution in [0.1, 0.15) is 45.1 Å². The Labute approximate surface area is 107 Å². The molecule has 5 heteroatoms. The van der Waals surface area contributed by atoms with E-state index in [-0.39, 0.29) is 12.1 Å². The van der Waals surface area contributed by atoms with Crippen LogP contribution >= 0.6 is 0 Å². The number of fused-ring (bicyclic) bond motifs is 1. The Hall–Kier alpha value is -1.65. The quantitative estimate of drug-likeness (QED) is 0.708. The number of amides is 1. The van der Waals surface area contributed by atoms with Gasteiger partial charge in [0.2, 0.25) is 0 Å². The summed E-state index contributed by atoms with van der Waals surface area (Å²) in [5.74, 6) is 0. The van der Waals surface area contributed by atoms with E-state index in [0.717, 1.165) is 17.8 Å². The average molecular weight is 249 g/mol. The third-order valence-corrected chi connectivity index (χ3v) is 2.89. The molecule has 0 aliphatic carbocycles. The molecule has 0 saturated carbocycles. The molecule has 0 spiro atoms. The minimum absolute atomic E-state index is 0.0858. The molecule has 0 radical (unpaired) electrons. The third kappa shape index (κ3) is 2.60. The summed E-state index contributed by atoms with van der Waals surface area (Å²) in [6.45, 7) is 8.19. The van der Waals surface area contributed by atoms with Crippen molar-refractivity contribution in [2.75, 3.05) is 6.54 Å². The first kappa shape index (κ1) is 12.8. The van der Waals surface area contributed by atoms with Crippen molar-refractivity contribution in [1.29, 1.82) is 0 Å². The summed E-state index contributed by atoms with van der Waals surface area (Å²) in [6.07, 6.45) is 3.79. The van der Waals surface area contributed by atoms with Gasteiger partial charge < -0.3 is 4.74 Å². The second-order valence-corrected chi connectivity index (χ2v) is 5.49. The molecule has 18 heavy (non-hydrogen) atoms. The van der Waals surface area contributed by atoms with Gasteiger partial charge in [-0.2, -0.15) is 0 Å². The largest absolute Gasteiger partial charge is 0.444 e. The fraction of sp³-hybridized carbons (Fsp3) is 0.615. The van der Waals surface area contributed by atoms with E-state index >= 15 is 0 Å². The van der Waals surface area contributed by atoms with E-state index in [2.05, 4.69) is 9.97 Å². The van der Waals surface area contributed by atoms with Crippen molar-refractivity contribution in [1.82, 2.24) is 14.9 Å². The number of aromatic nitrogens is 2. The van der Waals surface area contributed by atoms with Crippen molar-refractivity contribution < 1.29 is 9.53 Å². The molecule has 5 nitrogen and oxygen atoms in total. The van der Waals surface area contributed by atoms with Crippen molar-refractivity contribution in [3.8, 4) is 0 Å². The van der Waals surface area contributed by atoms with Crippen LogP contribution in [0.3, 0.4) is 0 Å². The summed E-state index contributed by atoms with van der Waals surface area (Å²) in [5.41, 5.74) is 1.37. The van der Waals surface area contributed by atoms with Gasteiger partial charge in [-0.05, 0) is 27.7 Å². The highest BCUT2D eigenvalue weighted by molar-refractivity contribution is 5.69. The highest BCUT2D eigenvalue weighted by atomic mass is 16.6. The minimum Gasteiger partial charge on any atom is -0.444 e. The second kappa shape index (κ2) is 4.55. The van der Waals surface area contributed by atoms with E-state index in [1.807, 2.05) is 27.7 Å². The van der Waals surface area contributed by atoms with E-state index in [4.69, 9.17) is 4.74 Å². The summed E-state index contributed by atoms with van der Waals surface area (Å²) in [7, 11) is 0. The van der Waals surface area contributed by atoms with E-state index in [1.165, 1.54) is 0 Å². The number of hydrogen-bond acceptors (Lipinski definition) is 4. The Balaban J connectivity index is 2.17. The van der Waals surface area contributed by atoms with Crippen LogP contribution in [0.15, 0.2) is 12.4 Å². The Bertz CT molecular complexity index is 454. The Morgan fingerprint density at radius 1 is 1.39 bits per heavy atom. The molecule has 0 N–H and O–H groups in total. The SMILES string of the molecule is CC1c2nccnc2CCN1C(=O)OC(C)(C)C. The Morgan fingerprint density at radius 3 is 2.72 bits per heavy atom. The van der Waals surface area contributed by atoms with Crippen molar-refractivity contribution >= 4 is 6.09 Å². The molecule has 2 rings (SSSR count). The van der Waals surface area contributed by atoms with Crippen LogP contribution < -0.4 is 0 Å². The zero-order valence-electron chi connectivity index (χ0n) is 11.3. The predicted molar refractivity (Wildman–Crippen MR) is 67.1 cm³/mol. The van der Waals surface area contributed by atoms with Crippen LogP contribution in [0.4, 0.5) is 4.79 Å². The first-order valence-electron chi connectivity index (χ1n) is 6.18. The zero-order valence-corrected chi connectivity index (χ0v) is 11.3. The summed E-state index contributed by atoms with van der Waals surface area (Å²) < 4.78 is 5.40. The maximum absolute atomic E-state index is 12.1. The molecule has 1 aliphatic heterocycles. The normalized spacial score (nSPS) is 19.3. The van der Waals surface area contributed by atoms with Crippen LogP contribution in [0.2, 0.25) is 0 Å². The van der Waals surface area contributed by atoms with E-state index in [9.17, 15) is 4.79 Å². The van der Waals surface area contributed by atoms with Gasteiger partial charge in [0.15, 0.2) is 0 Å². The van der Waals surface area contributed by atoms with Crippen molar-refractivity contribution in [3.63, 3.8) is 0 Å². The van der Waals surface area contributed by atoms with Gasteiger partial charge in [-0.3, -0.25) is 14.9 Å². The monoisotopic (exact) mass is 249 g/mol. The highest BCUT2D eigenvalue weighted by Gasteiger charge is 2.32. The number of carbonyl (C=O) groups excluding carboxylic acids is 1. The fourth-order valence-corrected chi connectivity index (χ4v) is 2.06. The second-order valence-electron chi connectivity index (χ2n) is 5.49. The van der Waals surface area contributed by atoms with Crippen LogP contribution in [-0.4, -0.2) is 33.1 Å². The number of ether oxygens (including phenoxy) is 1. The molecule has 0 bridgehead atoms. The van der Waals surface area contributed by atoms with Crippen LogP contribution in [0.25, 0.3) is 0 Å². The minimum atomic E-state index is -0.473. The number of rotatable bonds is 0. The van der Waals surface area contributed by atoms with Gasteiger partial charge in [0.1, 0.15) is 5.60 Å². The number of nitrogens with zero attached hydrogens (tertiary/aromatic N) is 3. The average Bonchev–Trinajstić information content (AvgIpc) is 2.27. The molecule has 0 fully saturated rings. The fourth-order valence-electron chi connectivity index (χ4n) is 2.06. The van der Waals surface area contributed by atoms with Gasteiger partial charge in [-0.25, -0.2) is 4.79 Å². The van der Waals surface area contributed by atoms with Crippen molar-refractivity contribution in [3.05, 3.63) is 23.8 Å². The molecule has 1 aromatic heterocycles. The molecule has 0 saturated heterocycles. The van der Waals surface area contributed by atoms with Gasteiger partial charge in [0.25, 0.3) is 0 Å². The number of hydrogen-bond donors (Lipinski definition) is 0. The molecule has 2 heterocycles. The van der Waals surface area contributed by atoms with Crippen LogP contribution in [-0.2, 0) is 11.2 Å². The molecule has 1 aromatic rings. The molecular formula is C13H19N3O2. The van der Waals surface area contributed by atoms with Gasteiger partial charge >= 0.3 is 6.09 Å². The van der Waals surface area contributed by atoms with Gasteiger partial charge in [-0.15, -0.1) is 0 Å². The highest BCUT2D eigenvalue weighted by Crippen LogP contribution is 2.27. The summed E-state index contributed by atoms with van der Waals surface area (Å²) >= 11 is 0. The summed E-state index contributed by atoms with van der Waals surface area (Å²) in [4.78, 5) is 22.4. The molecule has 1 atom stereocenters. The molecule has 1 aliphatic rings. The van der Waals surface area contributed by atoms with Gasteiger partial charge in [0.05, 0.1) is 17.4 Å². The van der Waals surface area contributed by atoms with Gasteiger partial charge in [0, 0.05) is 25.4 Å². The first-order valence-corrected chi connectivity index (χ1v) is 6.18. The Kier molecular flexibility index (Phi) is 3.24. The number of carbonyl (C=O) groups is 1. The van der Waals surface area contributed by atoms with Crippen LogP contribution in [0, 0.1) is 0 Å². The zero-order chi connectivity index (χ0) is 13.3. The lowest BCUT2D eigenvalue weighted by molar-refractivity contribution is 0.0153. The van der Waals surface area contributed by atoms with Gasteiger partial charge in [-0.1, -0.05) is 0 Å². The molecule has 1 amide bonds. The van der Waals surface area contributed by atoms with Crippen LogP contribution in [0.5, 0.6) is 0 Å². The van der Waals surface area contributed by atoms with E-state index in [0.29, 0.717) is 6.54 Å². The molecule has 0 aromatic carbocycles. The first-order chi connectivity index (χ1) is 8.38. The van der Waals surface area contributed by atoms with E-state index in [1.54, 1.807) is 17.3 Å². The predicted octanol–water partition coefficient (Wildman–Crippen LogP) is 2.33. The standard InChI is InChI=1S/C13H19N3O2/c1-9-11-10(14-6-7-15-11)5-8-16(9)12(17)18-13(2,3)4/h6-7,9H,5,8H2,1-4H3. The maximum atomic E-state index is 12.1. The Morgan fingerprint density at radius 2 is 2.06 bits per heavy atom. The summed E-state index contributed by atoms with van der Waals surface area (Å²) in [5, 5.41) is 0. The van der Waals surface area contributed by atoms with Crippen molar-refractivity contribution in [2.45, 2.75) is 45.8 Å². The third-order valence-electron chi connectivity index (χ3n) is 2.89. The maximum Gasteiger partial charge on any atom is 0.410 e. The summed E-state index contributed by atoms with van der Waals surface area (Å²) in [6, 6.07) is -0.0858. The lowest BCUT2D eigenvalue weighted by atomic mass is 10.0. The molecule has 98 valence electrons.